The Labute approximate surface area is 173 Å². The smallest absolute Gasteiger partial charge is 0.244 e. The van der Waals surface area contributed by atoms with Crippen molar-refractivity contribution in [3.05, 3.63) is 87.1 Å². The van der Waals surface area contributed by atoms with Gasteiger partial charge in [0.1, 0.15) is 0 Å². The van der Waals surface area contributed by atoms with Gasteiger partial charge in [-0.2, -0.15) is 11.3 Å². The van der Waals surface area contributed by atoms with Crippen LogP contribution >= 0.6 is 22.9 Å². The van der Waals surface area contributed by atoms with Crippen molar-refractivity contribution >= 4 is 34.9 Å². The zero-order valence-corrected chi connectivity index (χ0v) is 17.1. The van der Waals surface area contributed by atoms with Crippen LogP contribution in [0.25, 0.3) is 6.08 Å². The lowest BCUT2D eigenvalue weighted by molar-refractivity contribution is -0.116. The minimum Gasteiger partial charge on any atom is -0.493 e. The average molecular weight is 414 g/mol. The van der Waals surface area contributed by atoms with Crippen molar-refractivity contribution in [3.8, 4) is 11.5 Å². The van der Waals surface area contributed by atoms with E-state index < -0.39 is 0 Å². The fourth-order valence-electron chi connectivity index (χ4n) is 2.77. The van der Waals surface area contributed by atoms with Crippen LogP contribution in [-0.4, -0.2) is 20.1 Å². The van der Waals surface area contributed by atoms with Crippen molar-refractivity contribution < 1.29 is 14.3 Å². The number of hydrogen-bond donors (Lipinski definition) is 1. The molecule has 1 aromatic heterocycles. The maximum absolute atomic E-state index is 12.6. The van der Waals surface area contributed by atoms with E-state index in [9.17, 15) is 4.79 Å². The van der Waals surface area contributed by atoms with Crippen LogP contribution in [0, 0.1) is 0 Å². The van der Waals surface area contributed by atoms with Gasteiger partial charge in [0.15, 0.2) is 11.5 Å². The zero-order chi connectivity index (χ0) is 19.9. The SMILES string of the molecule is COc1ccc(/C=C/C(=O)NC(c2ccc(Cl)cc2)c2ccsc2)cc1OC. The average Bonchev–Trinajstić information content (AvgIpc) is 3.25. The summed E-state index contributed by atoms with van der Waals surface area (Å²) in [6.45, 7) is 0. The Hall–Kier alpha value is -2.76. The Kier molecular flexibility index (Phi) is 6.74. The third-order valence-corrected chi connectivity index (χ3v) is 5.15. The van der Waals surface area contributed by atoms with E-state index in [1.807, 2.05) is 53.2 Å². The summed E-state index contributed by atoms with van der Waals surface area (Å²) in [5, 5.41) is 7.73. The van der Waals surface area contributed by atoms with E-state index in [0.29, 0.717) is 16.5 Å². The predicted molar refractivity (Wildman–Crippen MR) is 114 cm³/mol. The molecule has 0 spiro atoms. The number of halogens is 1. The second-order valence-corrected chi connectivity index (χ2v) is 7.21. The van der Waals surface area contributed by atoms with Gasteiger partial charge in [0, 0.05) is 11.1 Å². The lowest BCUT2D eigenvalue weighted by Gasteiger charge is -2.17. The van der Waals surface area contributed by atoms with Gasteiger partial charge in [-0.3, -0.25) is 4.79 Å². The molecule has 3 rings (SSSR count). The Bertz CT molecular complexity index is 952. The summed E-state index contributed by atoms with van der Waals surface area (Å²) in [5.41, 5.74) is 2.84. The molecule has 0 aliphatic carbocycles. The third-order valence-electron chi connectivity index (χ3n) is 4.20. The normalized spacial score (nSPS) is 12.0. The van der Waals surface area contributed by atoms with Gasteiger partial charge in [-0.1, -0.05) is 29.8 Å². The molecule has 1 N–H and O–H groups in total. The van der Waals surface area contributed by atoms with Crippen molar-refractivity contribution in [1.29, 1.82) is 0 Å². The van der Waals surface area contributed by atoms with Crippen LogP contribution < -0.4 is 14.8 Å². The Morgan fingerprint density at radius 3 is 2.43 bits per heavy atom. The van der Waals surface area contributed by atoms with Crippen molar-refractivity contribution in [3.63, 3.8) is 0 Å². The van der Waals surface area contributed by atoms with Crippen LogP contribution in [0.1, 0.15) is 22.7 Å². The highest BCUT2D eigenvalue weighted by Gasteiger charge is 2.16. The summed E-state index contributed by atoms with van der Waals surface area (Å²) in [6, 6.07) is 14.7. The molecule has 1 atom stereocenters. The molecule has 144 valence electrons. The van der Waals surface area contributed by atoms with Crippen LogP contribution in [-0.2, 0) is 4.79 Å². The van der Waals surface area contributed by atoms with Crippen LogP contribution in [0.15, 0.2) is 65.4 Å². The van der Waals surface area contributed by atoms with Gasteiger partial charge in [-0.15, -0.1) is 0 Å². The van der Waals surface area contributed by atoms with Crippen LogP contribution in [0.2, 0.25) is 5.02 Å². The summed E-state index contributed by atoms with van der Waals surface area (Å²) < 4.78 is 10.5. The van der Waals surface area contributed by atoms with E-state index in [2.05, 4.69) is 5.32 Å². The number of thiophene rings is 1. The van der Waals surface area contributed by atoms with Crippen molar-refractivity contribution in [2.75, 3.05) is 14.2 Å². The molecule has 0 radical (unpaired) electrons. The number of rotatable bonds is 7. The highest BCUT2D eigenvalue weighted by molar-refractivity contribution is 7.08. The van der Waals surface area contributed by atoms with Crippen molar-refractivity contribution in [2.24, 2.45) is 0 Å². The number of nitrogens with one attached hydrogen (secondary N) is 1. The standard InChI is InChI=1S/C22H20ClNO3S/c1-26-19-9-3-15(13-20(19)27-2)4-10-21(25)24-22(17-11-12-28-14-17)16-5-7-18(23)8-6-16/h3-14,22H,1-2H3,(H,24,25)/b10-4+. The minimum atomic E-state index is -0.244. The zero-order valence-electron chi connectivity index (χ0n) is 15.5. The molecule has 0 bridgehead atoms. The molecular weight excluding hydrogens is 394 g/mol. The van der Waals surface area contributed by atoms with Gasteiger partial charge in [-0.05, 0) is 63.9 Å². The molecule has 3 aromatic rings. The fourth-order valence-corrected chi connectivity index (χ4v) is 3.58. The first-order valence-electron chi connectivity index (χ1n) is 8.59. The van der Waals surface area contributed by atoms with Gasteiger partial charge in [0.25, 0.3) is 0 Å². The molecule has 6 heteroatoms. The summed E-state index contributed by atoms with van der Waals surface area (Å²) in [6.07, 6.45) is 3.25. The van der Waals surface area contributed by atoms with Crippen LogP contribution in [0.3, 0.4) is 0 Å². The Morgan fingerprint density at radius 1 is 1.04 bits per heavy atom. The van der Waals surface area contributed by atoms with Crippen LogP contribution in [0.4, 0.5) is 0 Å². The van der Waals surface area contributed by atoms with Crippen molar-refractivity contribution in [2.45, 2.75) is 6.04 Å². The number of benzene rings is 2. The van der Waals surface area contributed by atoms with Gasteiger partial charge >= 0.3 is 0 Å². The summed E-state index contributed by atoms with van der Waals surface area (Å²) in [4.78, 5) is 12.6. The predicted octanol–water partition coefficient (Wildman–Crippen LogP) is 5.34. The van der Waals surface area contributed by atoms with Crippen molar-refractivity contribution in [1.82, 2.24) is 5.32 Å². The van der Waals surface area contributed by atoms with E-state index in [-0.39, 0.29) is 11.9 Å². The van der Waals surface area contributed by atoms with Gasteiger partial charge in [0.05, 0.1) is 20.3 Å². The first-order valence-corrected chi connectivity index (χ1v) is 9.91. The topological polar surface area (TPSA) is 47.6 Å². The molecule has 0 saturated carbocycles. The summed E-state index contributed by atoms with van der Waals surface area (Å²) in [5.74, 6) is 1.06. The highest BCUT2D eigenvalue weighted by atomic mass is 35.5. The fraction of sp³-hybridized carbons (Fsp3) is 0.136. The number of carbonyl (C=O) groups excluding carboxylic acids is 1. The Morgan fingerprint density at radius 2 is 1.79 bits per heavy atom. The molecule has 2 aromatic carbocycles. The molecule has 28 heavy (non-hydrogen) atoms. The number of hydrogen-bond acceptors (Lipinski definition) is 4. The summed E-state index contributed by atoms with van der Waals surface area (Å²) >= 11 is 7.58. The molecule has 0 aliphatic rings. The maximum atomic E-state index is 12.6. The van der Waals surface area contributed by atoms with Gasteiger partial charge in [-0.25, -0.2) is 0 Å². The molecular formula is C22H20ClNO3S. The van der Waals surface area contributed by atoms with Gasteiger partial charge in [0.2, 0.25) is 5.91 Å². The molecule has 0 aliphatic heterocycles. The van der Waals surface area contributed by atoms with E-state index >= 15 is 0 Å². The first kappa shape index (κ1) is 20.0. The van der Waals surface area contributed by atoms with E-state index in [4.69, 9.17) is 21.1 Å². The minimum absolute atomic E-state index is 0.194. The largest absolute Gasteiger partial charge is 0.493 e. The monoisotopic (exact) mass is 413 g/mol. The molecule has 0 fully saturated rings. The molecule has 1 amide bonds. The number of amides is 1. The number of ether oxygens (including phenoxy) is 2. The maximum Gasteiger partial charge on any atom is 0.244 e. The highest BCUT2D eigenvalue weighted by Crippen LogP contribution is 2.28. The van der Waals surface area contributed by atoms with E-state index in [0.717, 1.165) is 16.7 Å². The van der Waals surface area contributed by atoms with E-state index in [1.165, 1.54) is 6.08 Å². The first-order chi connectivity index (χ1) is 13.6. The number of carbonyl (C=O) groups is 1. The quantitative estimate of drug-likeness (QED) is 0.532. The molecule has 4 nitrogen and oxygen atoms in total. The van der Waals surface area contributed by atoms with Crippen LogP contribution in [0.5, 0.6) is 11.5 Å². The Balaban J connectivity index is 1.77. The molecule has 1 unspecified atom stereocenters. The third kappa shape index (κ3) is 4.94. The second-order valence-electron chi connectivity index (χ2n) is 6.00. The van der Waals surface area contributed by atoms with Gasteiger partial charge < -0.3 is 14.8 Å². The number of methoxy groups -OCH3 is 2. The molecule has 0 saturated heterocycles. The lowest BCUT2D eigenvalue weighted by Crippen LogP contribution is -2.27. The molecule has 1 heterocycles. The lowest BCUT2D eigenvalue weighted by atomic mass is 10.0. The van der Waals surface area contributed by atoms with E-state index in [1.54, 1.807) is 37.7 Å². The summed E-state index contributed by atoms with van der Waals surface area (Å²) in [7, 11) is 3.16. The second kappa shape index (κ2) is 9.44.